The highest BCUT2D eigenvalue weighted by Crippen LogP contribution is 2.37. The van der Waals surface area contributed by atoms with E-state index in [9.17, 15) is 18.0 Å². The summed E-state index contributed by atoms with van der Waals surface area (Å²) in [7, 11) is 0. The number of benzene rings is 1. The van der Waals surface area contributed by atoms with E-state index < -0.39 is 11.7 Å². The molecule has 1 fully saturated rings. The van der Waals surface area contributed by atoms with Crippen LogP contribution in [0.25, 0.3) is 0 Å². The lowest BCUT2D eigenvalue weighted by Gasteiger charge is -2.19. The standard InChI is InChI=1S/C13H9BrF3NO/c1-2-8-5-12(19)18(7-8)11-4-3-9(6-10(11)14)13(15,16)17/h1,3-4,6,8H,5,7H2. The van der Waals surface area contributed by atoms with Crippen LogP contribution in [0.4, 0.5) is 18.9 Å². The summed E-state index contributed by atoms with van der Waals surface area (Å²) in [6, 6.07) is 3.20. The molecule has 2 rings (SSSR count). The number of hydrogen-bond donors (Lipinski definition) is 0. The normalized spacial score (nSPS) is 19.6. The molecule has 0 aromatic heterocycles. The Hall–Kier alpha value is -1.48. The monoisotopic (exact) mass is 331 g/mol. The smallest absolute Gasteiger partial charge is 0.310 e. The van der Waals surface area contributed by atoms with Gasteiger partial charge in [-0.1, -0.05) is 0 Å². The van der Waals surface area contributed by atoms with E-state index in [0.29, 0.717) is 12.2 Å². The molecule has 1 aliphatic rings. The van der Waals surface area contributed by atoms with Gasteiger partial charge < -0.3 is 4.90 Å². The average Bonchev–Trinajstić information content (AvgIpc) is 2.69. The fraction of sp³-hybridized carbons (Fsp3) is 0.308. The molecule has 1 heterocycles. The van der Waals surface area contributed by atoms with E-state index in [1.165, 1.54) is 11.0 Å². The predicted octanol–water partition coefficient (Wildman–Crippen LogP) is 3.45. The molecule has 0 N–H and O–H groups in total. The third kappa shape index (κ3) is 2.76. The van der Waals surface area contributed by atoms with Crippen molar-refractivity contribution < 1.29 is 18.0 Å². The van der Waals surface area contributed by atoms with Crippen LogP contribution < -0.4 is 4.90 Å². The number of nitrogens with zero attached hydrogens (tertiary/aromatic N) is 1. The second kappa shape index (κ2) is 4.89. The lowest BCUT2D eigenvalue weighted by atomic mass is 10.1. The maximum atomic E-state index is 12.5. The predicted molar refractivity (Wildman–Crippen MR) is 68.4 cm³/mol. The Bertz CT molecular complexity index is 562. The summed E-state index contributed by atoms with van der Waals surface area (Å²) in [6.45, 7) is 0.333. The SMILES string of the molecule is C#CC1CC(=O)N(c2ccc(C(F)(F)F)cc2Br)C1. The number of rotatable bonds is 1. The Morgan fingerprint density at radius 3 is 2.58 bits per heavy atom. The van der Waals surface area contributed by atoms with Crippen LogP contribution in [0.2, 0.25) is 0 Å². The summed E-state index contributed by atoms with van der Waals surface area (Å²) < 4.78 is 37.9. The number of alkyl halides is 3. The first-order valence-corrected chi connectivity index (χ1v) is 6.25. The largest absolute Gasteiger partial charge is 0.416 e. The van der Waals surface area contributed by atoms with E-state index in [4.69, 9.17) is 6.42 Å². The minimum absolute atomic E-state index is 0.177. The molecule has 0 spiro atoms. The first-order chi connectivity index (χ1) is 8.82. The number of halogens is 4. The zero-order valence-electron chi connectivity index (χ0n) is 9.67. The van der Waals surface area contributed by atoms with Crippen LogP contribution in [0.3, 0.4) is 0 Å². The van der Waals surface area contributed by atoms with Crippen molar-refractivity contribution >= 4 is 27.5 Å². The summed E-state index contributed by atoms with van der Waals surface area (Å²) >= 11 is 3.07. The molecule has 100 valence electrons. The molecule has 1 aromatic carbocycles. The Labute approximate surface area is 116 Å². The second-order valence-corrected chi connectivity index (χ2v) is 5.09. The van der Waals surface area contributed by atoms with Gasteiger partial charge in [0.25, 0.3) is 0 Å². The van der Waals surface area contributed by atoms with Gasteiger partial charge in [0.1, 0.15) is 0 Å². The summed E-state index contributed by atoms with van der Waals surface area (Å²) in [6.07, 6.45) is 1.09. The minimum Gasteiger partial charge on any atom is -0.310 e. The van der Waals surface area contributed by atoms with Crippen molar-refractivity contribution in [2.75, 3.05) is 11.4 Å². The second-order valence-electron chi connectivity index (χ2n) is 4.24. The van der Waals surface area contributed by atoms with Crippen LogP contribution in [0.15, 0.2) is 22.7 Å². The van der Waals surface area contributed by atoms with E-state index in [1.807, 2.05) is 0 Å². The van der Waals surface area contributed by atoms with Crippen molar-refractivity contribution in [2.24, 2.45) is 5.92 Å². The molecule has 0 aliphatic carbocycles. The van der Waals surface area contributed by atoms with E-state index in [2.05, 4.69) is 21.9 Å². The molecule has 0 bridgehead atoms. The third-order valence-electron chi connectivity index (χ3n) is 2.93. The van der Waals surface area contributed by atoms with E-state index in [-0.39, 0.29) is 22.7 Å². The fourth-order valence-corrected chi connectivity index (χ4v) is 2.55. The van der Waals surface area contributed by atoms with Crippen LogP contribution in [0.5, 0.6) is 0 Å². The van der Waals surface area contributed by atoms with Crippen LogP contribution in [0, 0.1) is 18.3 Å². The highest BCUT2D eigenvalue weighted by atomic mass is 79.9. The van der Waals surface area contributed by atoms with Gasteiger partial charge in [-0.05, 0) is 34.1 Å². The molecule has 1 saturated heterocycles. The maximum absolute atomic E-state index is 12.5. The molecular weight excluding hydrogens is 323 g/mol. The fourth-order valence-electron chi connectivity index (χ4n) is 1.95. The number of carbonyl (C=O) groups excluding carboxylic acids is 1. The summed E-state index contributed by atoms with van der Waals surface area (Å²) in [4.78, 5) is 13.2. The van der Waals surface area contributed by atoms with Crippen LogP contribution in [-0.4, -0.2) is 12.5 Å². The lowest BCUT2D eigenvalue weighted by Crippen LogP contribution is -2.25. The van der Waals surface area contributed by atoms with E-state index >= 15 is 0 Å². The van der Waals surface area contributed by atoms with Gasteiger partial charge in [0, 0.05) is 23.4 Å². The number of carbonyl (C=O) groups is 1. The maximum Gasteiger partial charge on any atom is 0.416 e. The first kappa shape index (κ1) is 13.9. The van der Waals surface area contributed by atoms with E-state index in [1.54, 1.807) is 0 Å². The zero-order valence-corrected chi connectivity index (χ0v) is 11.3. The van der Waals surface area contributed by atoms with Crippen molar-refractivity contribution in [3.63, 3.8) is 0 Å². The molecule has 0 saturated carbocycles. The molecular formula is C13H9BrF3NO. The first-order valence-electron chi connectivity index (χ1n) is 5.46. The molecule has 6 heteroatoms. The molecule has 19 heavy (non-hydrogen) atoms. The molecule has 1 unspecified atom stereocenters. The van der Waals surface area contributed by atoms with Crippen molar-refractivity contribution in [1.82, 2.24) is 0 Å². The van der Waals surface area contributed by atoms with Crippen LogP contribution in [0.1, 0.15) is 12.0 Å². The van der Waals surface area contributed by atoms with Gasteiger partial charge in [-0.25, -0.2) is 0 Å². The van der Waals surface area contributed by atoms with Gasteiger partial charge >= 0.3 is 6.18 Å². The average molecular weight is 332 g/mol. The van der Waals surface area contributed by atoms with Gasteiger partial charge in [-0.15, -0.1) is 12.3 Å². The third-order valence-corrected chi connectivity index (χ3v) is 3.56. The quantitative estimate of drug-likeness (QED) is 0.722. The minimum atomic E-state index is -4.41. The van der Waals surface area contributed by atoms with E-state index in [0.717, 1.165) is 12.1 Å². The summed E-state index contributed by atoms with van der Waals surface area (Å²) in [5, 5.41) is 0. The molecule has 1 aliphatic heterocycles. The van der Waals surface area contributed by atoms with Gasteiger partial charge in [0.05, 0.1) is 11.3 Å². The number of hydrogen-bond acceptors (Lipinski definition) is 1. The van der Waals surface area contributed by atoms with Crippen LogP contribution >= 0.6 is 15.9 Å². The highest BCUT2D eigenvalue weighted by molar-refractivity contribution is 9.10. The zero-order chi connectivity index (χ0) is 14.2. The number of terminal acetylenes is 1. The number of anilines is 1. The Morgan fingerprint density at radius 1 is 1.42 bits per heavy atom. The lowest BCUT2D eigenvalue weighted by molar-refractivity contribution is -0.137. The van der Waals surface area contributed by atoms with Gasteiger partial charge in [0.15, 0.2) is 0 Å². The summed E-state index contributed by atoms with van der Waals surface area (Å²) in [5.74, 6) is 2.12. The van der Waals surface area contributed by atoms with Gasteiger partial charge in [0.2, 0.25) is 5.91 Å². The Kier molecular flexibility index (Phi) is 3.59. The molecule has 0 radical (unpaired) electrons. The Morgan fingerprint density at radius 2 is 2.11 bits per heavy atom. The van der Waals surface area contributed by atoms with Gasteiger partial charge in [-0.3, -0.25) is 4.79 Å². The van der Waals surface area contributed by atoms with Crippen LogP contribution in [-0.2, 0) is 11.0 Å². The molecule has 1 aromatic rings. The van der Waals surface area contributed by atoms with Crippen molar-refractivity contribution in [1.29, 1.82) is 0 Å². The molecule has 1 atom stereocenters. The molecule has 1 amide bonds. The van der Waals surface area contributed by atoms with Gasteiger partial charge in [-0.2, -0.15) is 13.2 Å². The molecule has 2 nitrogen and oxygen atoms in total. The number of amides is 1. The topological polar surface area (TPSA) is 20.3 Å². The highest BCUT2D eigenvalue weighted by Gasteiger charge is 2.33. The summed E-state index contributed by atoms with van der Waals surface area (Å²) in [5.41, 5.74) is -0.348. The Balaban J connectivity index is 2.33. The van der Waals surface area contributed by atoms with Crippen molar-refractivity contribution in [3.8, 4) is 12.3 Å². The van der Waals surface area contributed by atoms with Crippen molar-refractivity contribution in [2.45, 2.75) is 12.6 Å². The van der Waals surface area contributed by atoms with Crippen molar-refractivity contribution in [3.05, 3.63) is 28.2 Å².